The second kappa shape index (κ2) is 4.22. The molecule has 0 amide bonds. The van der Waals surface area contributed by atoms with Gasteiger partial charge in [-0.3, -0.25) is 0 Å². The Balaban J connectivity index is 3.69. The van der Waals surface area contributed by atoms with E-state index in [1.807, 2.05) is 0 Å². The summed E-state index contributed by atoms with van der Waals surface area (Å²) in [5.41, 5.74) is 0. The first kappa shape index (κ1) is 9.36. The molecule has 0 aliphatic heterocycles. The van der Waals surface area contributed by atoms with E-state index in [1.165, 1.54) is 0 Å². The van der Waals surface area contributed by atoms with E-state index in [9.17, 15) is 0 Å². The van der Waals surface area contributed by atoms with Crippen LogP contribution in [0.25, 0.3) is 0 Å². The van der Waals surface area contributed by atoms with Crippen molar-refractivity contribution < 1.29 is 18.5 Å². The van der Waals surface area contributed by atoms with Crippen molar-refractivity contribution in [2.24, 2.45) is 0 Å². The second-order valence-electron chi connectivity index (χ2n) is 1.80. The molecule has 0 bridgehead atoms. The summed E-state index contributed by atoms with van der Waals surface area (Å²) in [6, 6.07) is 0. The van der Waals surface area contributed by atoms with Crippen LogP contribution in [0.1, 0.15) is 0 Å². The van der Waals surface area contributed by atoms with Gasteiger partial charge in [0.1, 0.15) is 0 Å². The number of nitrogens with one attached hydrogen (secondary N) is 4. The maximum absolute atomic E-state index is 7.24. The first-order chi connectivity index (χ1) is 4.57. The summed E-state index contributed by atoms with van der Waals surface area (Å²) < 4.78 is 1.70. The summed E-state index contributed by atoms with van der Waals surface area (Å²) in [7, 11) is 3.42. The molecule has 0 aromatic rings. The predicted octanol–water partition coefficient (Wildman–Crippen LogP) is -0.941. The quantitative estimate of drug-likeness (QED) is 0.228. The van der Waals surface area contributed by atoms with E-state index in [-0.39, 0.29) is 11.9 Å². The Kier molecular flexibility index (Phi) is 3.95. The van der Waals surface area contributed by atoms with Gasteiger partial charge in [-0.05, 0) is 0 Å². The van der Waals surface area contributed by atoms with E-state index in [0.29, 0.717) is 0 Å². The van der Waals surface area contributed by atoms with Crippen LogP contribution in [0.5, 0.6) is 0 Å². The number of guanidine groups is 2. The summed E-state index contributed by atoms with van der Waals surface area (Å²) in [6.45, 7) is 0. The van der Waals surface area contributed by atoms with E-state index in [2.05, 4.69) is 10.6 Å². The second-order valence-corrected chi connectivity index (χ2v) is 3.79. The topological polar surface area (TPSA) is 75.0 Å². The van der Waals surface area contributed by atoms with Gasteiger partial charge < -0.3 is 0 Å². The van der Waals surface area contributed by atoms with E-state index in [0.717, 1.165) is 18.5 Å². The van der Waals surface area contributed by atoms with Gasteiger partial charge in [0.2, 0.25) is 0 Å². The number of hydrogen-bond acceptors (Lipinski definition) is 2. The average molecular weight is 194 g/mol. The fourth-order valence-electron chi connectivity index (χ4n) is 0.276. The van der Waals surface area contributed by atoms with Gasteiger partial charge in [0.15, 0.2) is 0 Å². The van der Waals surface area contributed by atoms with Gasteiger partial charge in [-0.15, -0.1) is 0 Å². The predicted molar refractivity (Wildman–Crippen MR) is 35.4 cm³/mol. The molecule has 0 aliphatic rings. The van der Waals surface area contributed by atoms with Crippen LogP contribution in [0.4, 0.5) is 0 Å². The Hall–Kier alpha value is -0.637. The van der Waals surface area contributed by atoms with Crippen LogP contribution in [0, 0.1) is 10.8 Å². The van der Waals surface area contributed by atoms with Crippen LogP contribution in [-0.2, 0) is 18.5 Å². The molecular formula is C4H10N5Zn. The molecule has 0 radical (unpaired) electrons. The van der Waals surface area contributed by atoms with E-state index in [1.54, 1.807) is 17.7 Å². The zero-order valence-corrected chi connectivity index (χ0v) is 9.12. The normalized spacial score (nSPS) is 8.40. The van der Waals surface area contributed by atoms with Crippen molar-refractivity contribution in [2.75, 3.05) is 14.1 Å². The fraction of sp³-hybridized carbons (Fsp3) is 0.500. The average Bonchev–Trinajstić information content (AvgIpc) is 1.87. The molecule has 0 aromatic heterocycles. The van der Waals surface area contributed by atoms with Crippen molar-refractivity contribution >= 4 is 11.9 Å². The Morgan fingerprint density at radius 1 is 1.50 bits per heavy atom. The molecule has 0 rings (SSSR count). The molecule has 0 saturated carbocycles. The molecule has 0 fully saturated rings. The molecule has 10 heavy (non-hydrogen) atoms. The number of hydrogen-bond donors (Lipinski definition) is 4. The zero-order chi connectivity index (χ0) is 8.15. The van der Waals surface area contributed by atoms with Crippen LogP contribution < -0.4 is 10.6 Å². The van der Waals surface area contributed by atoms with E-state index >= 15 is 0 Å². The van der Waals surface area contributed by atoms with Crippen LogP contribution in [0.3, 0.4) is 0 Å². The van der Waals surface area contributed by atoms with Crippen LogP contribution in [0.15, 0.2) is 0 Å². The molecule has 6 heteroatoms. The Labute approximate surface area is 70.1 Å². The number of rotatable bonds is 0. The first-order valence-corrected chi connectivity index (χ1v) is 4.06. The summed E-state index contributed by atoms with van der Waals surface area (Å²) in [5, 5.41) is 19.4. The van der Waals surface area contributed by atoms with Gasteiger partial charge in [-0.25, -0.2) is 0 Å². The van der Waals surface area contributed by atoms with Gasteiger partial charge in [-0.1, -0.05) is 0 Å². The minimum atomic E-state index is 0.144. The molecule has 53 valence electrons. The van der Waals surface area contributed by atoms with Crippen LogP contribution in [0.2, 0.25) is 0 Å². The van der Waals surface area contributed by atoms with Crippen molar-refractivity contribution in [2.45, 2.75) is 0 Å². The summed E-state index contributed by atoms with van der Waals surface area (Å²) in [4.78, 5) is 0. The van der Waals surface area contributed by atoms with Crippen LogP contribution in [-0.4, -0.2) is 29.7 Å². The molecule has 0 saturated heterocycles. The minimum absolute atomic E-state index is 0.144. The molecule has 5 nitrogen and oxygen atoms in total. The molecule has 0 aromatic carbocycles. The molecule has 4 N–H and O–H groups in total. The zero-order valence-electron chi connectivity index (χ0n) is 6.15. The van der Waals surface area contributed by atoms with Gasteiger partial charge in [0.25, 0.3) is 0 Å². The fourth-order valence-corrected chi connectivity index (χ4v) is 0.442. The van der Waals surface area contributed by atoms with E-state index < -0.39 is 0 Å². The van der Waals surface area contributed by atoms with Crippen molar-refractivity contribution in [1.82, 2.24) is 14.3 Å². The van der Waals surface area contributed by atoms with Gasteiger partial charge in [-0.2, -0.15) is 0 Å². The Bertz CT molecular complexity index is 143. The molecular weight excluding hydrogens is 183 g/mol. The van der Waals surface area contributed by atoms with Crippen molar-refractivity contribution in [3.05, 3.63) is 0 Å². The van der Waals surface area contributed by atoms with Gasteiger partial charge in [0, 0.05) is 0 Å². The van der Waals surface area contributed by atoms with Crippen LogP contribution >= 0.6 is 0 Å². The van der Waals surface area contributed by atoms with Crippen molar-refractivity contribution in [3.63, 3.8) is 0 Å². The van der Waals surface area contributed by atoms with E-state index in [4.69, 9.17) is 10.8 Å². The maximum atomic E-state index is 7.24. The number of nitrogens with zero attached hydrogens (tertiary/aromatic N) is 1. The molecule has 0 heterocycles. The summed E-state index contributed by atoms with van der Waals surface area (Å²) in [6.07, 6.45) is 0. The van der Waals surface area contributed by atoms with Crippen molar-refractivity contribution in [3.8, 4) is 0 Å². The Morgan fingerprint density at radius 2 is 2.00 bits per heavy atom. The Morgan fingerprint density at radius 3 is 2.30 bits per heavy atom. The third kappa shape index (κ3) is 3.40. The molecule has 0 spiro atoms. The molecule has 0 aliphatic carbocycles. The summed E-state index contributed by atoms with van der Waals surface area (Å²) in [5.74, 6) is 0.393. The molecule has 0 atom stereocenters. The standard InChI is InChI=1S/C4H10N5.Zn/c1-7-3(5)9-4(6)8-2;/h1-2H3,(H4-,5,6,7,8,9);/q-1;+1. The summed E-state index contributed by atoms with van der Waals surface area (Å²) >= 11 is 0.878. The van der Waals surface area contributed by atoms with Gasteiger partial charge >= 0.3 is 69.6 Å². The van der Waals surface area contributed by atoms with Crippen molar-refractivity contribution in [1.29, 1.82) is 10.8 Å². The third-order valence-electron chi connectivity index (χ3n) is 0.875. The van der Waals surface area contributed by atoms with Gasteiger partial charge in [0.05, 0.1) is 0 Å². The molecule has 0 unspecified atom stereocenters. The third-order valence-corrected chi connectivity index (χ3v) is 1.54. The monoisotopic (exact) mass is 192 g/mol. The first-order valence-electron chi connectivity index (χ1n) is 2.74. The SMILES string of the molecule is CNC(=N)NC(=N)[N](C)[Zn].